The quantitative estimate of drug-likeness (QED) is 0.709. The van der Waals surface area contributed by atoms with Crippen molar-refractivity contribution in [3.63, 3.8) is 0 Å². The van der Waals surface area contributed by atoms with Crippen molar-refractivity contribution in [3.8, 4) is 0 Å². The highest BCUT2D eigenvalue weighted by Crippen LogP contribution is 2.52. The van der Waals surface area contributed by atoms with Crippen molar-refractivity contribution in [1.29, 1.82) is 0 Å². The Morgan fingerprint density at radius 2 is 1.88 bits per heavy atom. The molecular formula is C20H26BrNO3. The Balaban J connectivity index is 1.53. The van der Waals surface area contributed by atoms with Crippen LogP contribution in [0.25, 0.3) is 0 Å². The molecule has 5 heteroatoms. The molecule has 3 rings (SSSR count). The van der Waals surface area contributed by atoms with Crippen molar-refractivity contribution in [2.24, 2.45) is 10.8 Å². The summed E-state index contributed by atoms with van der Waals surface area (Å²) in [5, 5.41) is 0. The first kappa shape index (κ1) is 18.4. The molecule has 1 amide bonds. The van der Waals surface area contributed by atoms with Crippen LogP contribution in [0.15, 0.2) is 28.7 Å². The van der Waals surface area contributed by atoms with Crippen LogP contribution in [0.1, 0.15) is 45.6 Å². The van der Waals surface area contributed by atoms with Crippen LogP contribution in [0.2, 0.25) is 0 Å². The molecule has 0 spiro atoms. The highest BCUT2D eigenvalue weighted by Gasteiger charge is 2.50. The molecule has 2 fully saturated rings. The summed E-state index contributed by atoms with van der Waals surface area (Å²) < 4.78 is 6.21. The maximum atomic E-state index is 12.6. The summed E-state index contributed by atoms with van der Waals surface area (Å²) in [5.74, 6) is -0.417. The SMILES string of the molecule is CC1(C)C[C@@H]2C[C@](C)(CN2C(=O)COC(=O)Cc2ccc(Br)cc2)C1. The zero-order valence-electron chi connectivity index (χ0n) is 15.2. The Bertz CT molecular complexity index is 670. The lowest BCUT2D eigenvalue weighted by molar-refractivity contribution is -0.152. The molecule has 0 N–H and O–H groups in total. The van der Waals surface area contributed by atoms with Gasteiger partial charge in [0.1, 0.15) is 0 Å². The number of ether oxygens (including phenoxy) is 1. The Kier molecular flexibility index (Phi) is 4.97. The molecule has 1 saturated heterocycles. The largest absolute Gasteiger partial charge is 0.455 e. The standard InChI is InChI=1S/C20H26BrNO3/c1-19(2)9-16-10-20(3,12-19)13-22(16)17(23)11-25-18(24)8-14-4-6-15(21)7-5-14/h4-7,16H,8-13H2,1-3H3/t16-,20+/m1/s1. The number of rotatable bonds is 4. The van der Waals surface area contributed by atoms with E-state index >= 15 is 0 Å². The van der Waals surface area contributed by atoms with E-state index in [2.05, 4.69) is 36.7 Å². The van der Waals surface area contributed by atoms with Crippen molar-refractivity contribution in [2.45, 2.75) is 52.5 Å². The van der Waals surface area contributed by atoms with Gasteiger partial charge in [-0.1, -0.05) is 48.8 Å². The highest BCUT2D eigenvalue weighted by atomic mass is 79.9. The van der Waals surface area contributed by atoms with Gasteiger partial charge in [-0.15, -0.1) is 0 Å². The molecule has 0 unspecified atom stereocenters. The summed E-state index contributed by atoms with van der Waals surface area (Å²) in [6, 6.07) is 7.81. The van der Waals surface area contributed by atoms with Crippen molar-refractivity contribution in [2.75, 3.05) is 13.2 Å². The average Bonchev–Trinajstić information content (AvgIpc) is 2.76. The van der Waals surface area contributed by atoms with Gasteiger partial charge in [-0.05, 0) is 47.8 Å². The molecule has 0 aromatic heterocycles. The van der Waals surface area contributed by atoms with Gasteiger partial charge in [0.25, 0.3) is 5.91 Å². The van der Waals surface area contributed by atoms with Crippen LogP contribution >= 0.6 is 15.9 Å². The number of hydrogen-bond acceptors (Lipinski definition) is 3. The summed E-state index contributed by atoms with van der Waals surface area (Å²) in [6.07, 6.45) is 3.43. The summed E-state index contributed by atoms with van der Waals surface area (Å²) in [4.78, 5) is 26.5. The van der Waals surface area contributed by atoms with E-state index in [0.717, 1.165) is 35.8 Å². The van der Waals surface area contributed by atoms with Crippen molar-refractivity contribution < 1.29 is 14.3 Å². The number of nitrogens with zero attached hydrogens (tertiary/aromatic N) is 1. The molecule has 1 aliphatic carbocycles. The van der Waals surface area contributed by atoms with E-state index in [1.807, 2.05) is 29.2 Å². The van der Waals surface area contributed by atoms with Crippen LogP contribution in [-0.2, 0) is 20.7 Å². The molecule has 1 saturated carbocycles. The number of hydrogen-bond donors (Lipinski definition) is 0. The van der Waals surface area contributed by atoms with Gasteiger partial charge >= 0.3 is 5.97 Å². The molecule has 25 heavy (non-hydrogen) atoms. The lowest BCUT2D eigenvalue weighted by atomic mass is 9.65. The number of esters is 1. The van der Waals surface area contributed by atoms with Crippen LogP contribution < -0.4 is 0 Å². The summed E-state index contributed by atoms with van der Waals surface area (Å²) >= 11 is 3.37. The summed E-state index contributed by atoms with van der Waals surface area (Å²) in [5.41, 5.74) is 1.35. The first-order chi connectivity index (χ1) is 11.7. The molecular weight excluding hydrogens is 382 g/mol. The topological polar surface area (TPSA) is 46.6 Å². The zero-order chi connectivity index (χ0) is 18.2. The number of halogens is 1. The highest BCUT2D eigenvalue weighted by molar-refractivity contribution is 9.10. The van der Waals surface area contributed by atoms with Gasteiger partial charge in [0, 0.05) is 17.1 Å². The van der Waals surface area contributed by atoms with Crippen molar-refractivity contribution in [1.82, 2.24) is 4.90 Å². The number of carbonyl (C=O) groups is 2. The molecule has 1 aromatic carbocycles. The Labute approximate surface area is 158 Å². The Hall–Kier alpha value is -1.36. The molecule has 136 valence electrons. The van der Waals surface area contributed by atoms with E-state index < -0.39 is 0 Å². The molecule has 2 atom stereocenters. The molecule has 1 heterocycles. The molecule has 0 radical (unpaired) electrons. The second kappa shape index (κ2) is 6.75. The zero-order valence-corrected chi connectivity index (χ0v) is 16.8. The lowest BCUT2D eigenvalue weighted by Crippen LogP contribution is -2.39. The second-order valence-corrected chi connectivity index (χ2v) is 9.61. The van der Waals surface area contributed by atoms with Crippen molar-refractivity contribution >= 4 is 27.8 Å². The van der Waals surface area contributed by atoms with Crippen LogP contribution in [0.5, 0.6) is 0 Å². The third-order valence-corrected chi connectivity index (χ3v) is 5.88. The number of fused-ring (bicyclic) bond motifs is 2. The second-order valence-electron chi connectivity index (χ2n) is 8.70. The number of benzene rings is 1. The van der Waals surface area contributed by atoms with Gasteiger partial charge in [0.2, 0.25) is 0 Å². The van der Waals surface area contributed by atoms with Crippen LogP contribution in [-0.4, -0.2) is 36.0 Å². The predicted molar refractivity (Wildman–Crippen MR) is 100 cm³/mol. The van der Waals surface area contributed by atoms with Gasteiger partial charge in [0.05, 0.1) is 6.42 Å². The van der Waals surface area contributed by atoms with Gasteiger partial charge < -0.3 is 9.64 Å². The fraction of sp³-hybridized carbons (Fsp3) is 0.600. The van der Waals surface area contributed by atoms with Gasteiger partial charge in [-0.2, -0.15) is 0 Å². The van der Waals surface area contributed by atoms with Crippen LogP contribution in [0.4, 0.5) is 0 Å². The maximum Gasteiger partial charge on any atom is 0.310 e. The first-order valence-electron chi connectivity index (χ1n) is 8.85. The number of amides is 1. The predicted octanol–water partition coefficient (Wildman–Crippen LogP) is 3.96. The van der Waals surface area contributed by atoms with Crippen LogP contribution in [0, 0.1) is 10.8 Å². The molecule has 1 aliphatic heterocycles. The maximum absolute atomic E-state index is 12.6. The molecule has 2 bridgehead atoms. The molecule has 4 nitrogen and oxygen atoms in total. The van der Waals surface area contributed by atoms with Crippen molar-refractivity contribution in [3.05, 3.63) is 34.3 Å². The van der Waals surface area contributed by atoms with E-state index in [0.29, 0.717) is 0 Å². The van der Waals surface area contributed by atoms with E-state index in [9.17, 15) is 9.59 Å². The monoisotopic (exact) mass is 407 g/mol. The number of likely N-dealkylation sites (tertiary alicyclic amines) is 1. The minimum atomic E-state index is -0.357. The van der Waals surface area contributed by atoms with E-state index in [1.54, 1.807) is 0 Å². The Morgan fingerprint density at radius 3 is 2.56 bits per heavy atom. The van der Waals surface area contributed by atoms with E-state index in [1.165, 1.54) is 0 Å². The molecule has 1 aromatic rings. The first-order valence-corrected chi connectivity index (χ1v) is 9.65. The summed E-state index contributed by atoms with van der Waals surface area (Å²) in [7, 11) is 0. The fourth-order valence-electron chi connectivity index (χ4n) is 4.80. The minimum Gasteiger partial charge on any atom is -0.455 e. The molecule has 2 aliphatic rings. The van der Waals surface area contributed by atoms with Gasteiger partial charge in [-0.3, -0.25) is 9.59 Å². The van der Waals surface area contributed by atoms with Gasteiger partial charge in [0.15, 0.2) is 6.61 Å². The minimum absolute atomic E-state index is 0.0596. The van der Waals surface area contributed by atoms with Crippen LogP contribution in [0.3, 0.4) is 0 Å². The Morgan fingerprint density at radius 1 is 1.20 bits per heavy atom. The third-order valence-electron chi connectivity index (χ3n) is 5.35. The summed E-state index contributed by atoms with van der Waals surface area (Å²) in [6.45, 7) is 7.47. The number of carbonyl (C=O) groups excluding carboxylic acids is 2. The van der Waals surface area contributed by atoms with E-state index in [-0.39, 0.29) is 41.8 Å². The average molecular weight is 408 g/mol. The lowest BCUT2D eigenvalue weighted by Gasteiger charge is -2.39. The van der Waals surface area contributed by atoms with Gasteiger partial charge in [-0.25, -0.2) is 0 Å². The van der Waals surface area contributed by atoms with E-state index in [4.69, 9.17) is 4.74 Å². The smallest absolute Gasteiger partial charge is 0.310 e. The fourth-order valence-corrected chi connectivity index (χ4v) is 5.06. The normalized spacial score (nSPS) is 27.2. The third kappa shape index (κ3) is 4.43.